The number of allylic oxidation sites excluding steroid dienone is 2. The molecule has 1 atom stereocenters. The SMILES string of the molecule is CC1(c2nc(COc3ccc(Cl)cc3)no2)C=C(NC(=O)COc2cccc(F)c2)C1. The first-order chi connectivity index (χ1) is 14.9. The number of rotatable bonds is 8. The summed E-state index contributed by atoms with van der Waals surface area (Å²) in [7, 11) is 0. The van der Waals surface area contributed by atoms with E-state index in [0.717, 1.165) is 5.70 Å². The highest BCUT2D eigenvalue weighted by atomic mass is 35.5. The number of halogens is 2. The van der Waals surface area contributed by atoms with E-state index in [0.29, 0.717) is 34.7 Å². The molecule has 1 amide bonds. The number of nitrogens with one attached hydrogen (secondary N) is 1. The van der Waals surface area contributed by atoms with E-state index in [1.54, 1.807) is 30.3 Å². The summed E-state index contributed by atoms with van der Waals surface area (Å²) < 4.78 is 29.4. The van der Waals surface area contributed by atoms with Crippen LogP contribution in [-0.4, -0.2) is 22.7 Å². The van der Waals surface area contributed by atoms with Gasteiger partial charge in [-0.05, 0) is 49.4 Å². The number of ether oxygens (including phenoxy) is 2. The average Bonchev–Trinajstić information content (AvgIpc) is 3.20. The van der Waals surface area contributed by atoms with Crippen molar-refractivity contribution in [2.45, 2.75) is 25.4 Å². The molecule has 4 rings (SSSR count). The molecule has 0 saturated carbocycles. The summed E-state index contributed by atoms with van der Waals surface area (Å²) in [6.45, 7) is 1.87. The molecule has 160 valence electrons. The van der Waals surface area contributed by atoms with Crippen molar-refractivity contribution in [2.24, 2.45) is 0 Å². The summed E-state index contributed by atoms with van der Waals surface area (Å²) in [4.78, 5) is 16.4. The van der Waals surface area contributed by atoms with Gasteiger partial charge in [0.2, 0.25) is 11.7 Å². The number of benzene rings is 2. The van der Waals surface area contributed by atoms with E-state index < -0.39 is 11.2 Å². The Morgan fingerprint density at radius 2 is 2.00 bits per heavy atom. The summed E-state index contributed by atoms with van der Waals surface area (Å²) in [6, 6.07) is 12.6. The Kier molecular flexibility index (Phi) is 5.90. The van der Waals surface area contributed by atoms with Gasteiger partial charge >= 0.3 is 0 Å². The molecule has 0 saturated heterocycles. The van der Waals surface area contributed by atoms with Crippen LogP contribution in [0.25, 0.3) is 0 Å². The minimum atomic E-state index is -0.475. The highest BCUT2D eigenvalue weighted by Gasteiger charge is 2.39. The number of hydrogen-bond donors (Lipinski definition) is 1. The molecule has 0 radical (unpaired) electrons. The molecule has 1 aliphatic rings. The fraction of sp³-hybridized carbons (Fsp3) is 0.227. The first-order valence-corrected chi connectivity index (χ1v) is 9.89. The largest absolute Gasteiger partial charge is 0.485 e. The van der Waals surface area contributed by atoms with E-state index in [1.165, 1.54) is 18.2 Å². The second kappa shape index (κ2) is 8.77. The van der Waals surface area contributed by atoms with Gasteiger partial charge in [-0.1, -0.05) is 22.8 Å². The van der Waals surface area contributed by atoms with Crippen LogP contribution in [0.4, 0.5) is 4.39 Å². The second-order valence-corrected chi connectivity index (χ2v) is 7.75. The third-order valence-electron chi connectivity index (χ3n) is 4.65. The van der Waals surface area contributed by atoms with Crippen molar-refractivity contribution in [3.8, 4) is 11.5 Å². The van der Waals surface area contributed by atoms with Crippen LogP contribution in [0.2, 0.25) is 5.02 Å². The van der Waals surface area contributed by atoms with Crippen LogP contribution in [0.1, 0.15) is 25.1 Å². The van der Waals surface area contributed by atoms with E-state index in [2.05, 4.69) is 15.5 Å². The van der Waals surface area contributed by atoms with E-state index in [-0.39, 0.29) is 19.1 Å². The zero-order valence-electron chi connectivity index (χ0n) is 16.6. The molecule has 1 heterocycles. The van der Waals surface area contributed by atoms with Crippen LogP contribution in [0.5, 0.6) is 11.5 Å². The van der Waals surface area contributed by atoms with Crippen LogP contribution >= 0.6 is 11.6 Å². The van der Waals surface area contributed by atoms with Gasteiger partial charge in [-0.3, -0.25) is 4.79 Å². The zero-order valence-corrected chi connectivity index (χ0v) is 17.4. The Hall–Kier alpha value is -3.39. The van der Waals surface area contributed by atoms with Crippen LogP contribution in [0.3, 0.4) is 0 Å². The summed E-state index contributed by atoms with van der Waals surface area (Å²) in [6.07, 6.45) is 2.38. The summed E-state index contributed by atoms with van der Waals surface area (Å²) in [5.41, 5.74) is 0.255. The smallest absolute Gasteiger partial charge is 0.262 e. The Balaban J connectivity index is 1.27. The third-order valence-corrected chi connectivity index (χ3v) is 4.91. The molecule has 0 bridgehead atoms. The first-order valence-electron chi connectivity index (χ1n) is 9.51. The Bertz CT molecular complexity index is 1120. The molecule has 31 heavy (non-hydrogen) atoms. The van der Waals surface area contributed by atoms with E-state index in [4.69, 9.17) is 25.6 Å². The number of nitrogens with zero attached hydrogens (tertiary/aromatic N) is 2. The number of carbonyl (C=O) groups excluding carboxylic acids is 1. The van der Waals surface area contributed by atoms with E-state index >= 15 is 0 Å². The van der Waals surface area contributed by atoms with Crippen LogP contribution in [0.15, 0.2) is 64.8 Å². The maximum Gasteiger partial charge on any atom is 0.262 e. The molecular formula is C22H19ClFN3O4. The standard InChI is InChI=1S/C22H19ClFN3O4/c1-22(21-26-19(27-31-21)12-29-17-7-5-14(23)6-8-17)10-16(11-22)25-20(28)13-30-18-4-2-3-15(24)9-18/h2-10H,11-13H2,1H3,(H,25,28). The Labute approximate surface area is 182 Å². The van der Waals surface area contributed by atoms with Gasteiger partial charge in [0.25, 0.3) is 5.91 Å². The molecule has 1 aliphatic carbocycles. The molecular weight excluding hydrogens is 425 g/mol. The molecule has 0 fully saturated rings. The maximum atomic E-state index is 13.1. The lowest BCUT2D eigenvalue weighted by Gasteiger charge is -2.33. The number of carbonyl (C=O) groups is 1. The molecule has 9 heteroatoms. The number of aromatic nitrogens is 2. The van der Waals surface area contributed by atoms with Gasteiger partial charge in [-0.2, -0.15) is 4.98 Å². The van der Waals surface area contributed by atoms with Gasteiger partial charge in [0.05, 0.1) is 5.41 Å². The predicted molar refractivity (Wildman–Crippen MR) is 110 cm³/mol. The Morgan fingerprint density at radius 1 is 1.23 bits per heavy atom. The predicted octanol–water partition coefficient (Wildman–Crippen LogP) is 4.18. The molecule has 7 nitrogen and oxygen atoms in total. The number of hydrogen-bond acceptors (Lipinski definition) is 6. The van der Waals surface area contributed by atoms with E-state index in [9.17, 15) is 9.18 Å². The van der Waals surface area contributed by atoms with Crippen molar-refractivity contribution in [3.63, 3.8) is 0 Å². The normalized spacial score (nSPS) is 17.5. The van der Waals surface area contributed by atoms with E-state index in [1.807, 2.05) is 13.0 Å². The van der Waals surface area contributed by atoms with Crippen LogP contribution < -0.4 is 14.8 Å². The van der Waals surface area contributed by atoms with Gasteiger partial charge in [-0.15, -0.1) is 0 Å². The van der Waals surface area contributed by atoms with Crippen LogP contribution in [-0.2, 0) is 16.8 Å². The number of amides is 1. The summed E-state index contributed by atoms with van der Waals surface area (Å²) in [5, 5.41) is 7.34. The van der Waals surface area contributed by atoms with Gasteiger partial charge < -0.3 is 19.3 Å². The van der Waals surface area contributed by atoms with Crippen molar-refractivity contribution in [3.05, 3.63) is 82.9 Å². The minimum absolute atomic E-state index is 0.159. The monoisotopic (exact) mass is 443 g/mol. The molecule has 0 spiro atoms. The van der Waals surface area contributed by atoms with Gasteiger partial charge in [-0.25, -0.2) is 4.39 Å². The lowest BCUT2D eigenvalue weighted by Crippen LogP contribution is -2.39. The van der Waals surface area contributed by atoms with Gasteiger partial charge in [0, 0.05) is 23.2 Å². The fourth-order valence-electron chi connectivity index (χ4n) is 3.11. The van der Waals surface area contributed by atoms with Crippen molar-refractivity contribution in [1.29, 1.82) is 0 Å². The van der Waals surface area contributed by atoms with Crippen molar-refractivity contribution in [1.82, 2.24) is 15.5 Å². The van der Waals surface area contributed by atoms with Crippen LogP contribution in [0, 0.1) is 5.82 Å². The minimum Gasteiger partial charge on any atom is -0.485 e. The first kappa shape index (κ1) is 20.9. The molecule has 1 unspecified atom stereocenters. The molecule has 2 aromatic carbocycles. The molecule has 3 aromatic rings. The van der Waals surface area contributed by atoms with Gasteiger partial charge in [0.1, 0.15) is 17.3 Å². The summed E-state index contributed by atoms with van der Waals surface area (Å²) >= 11 is 5.85. The fourth-order valence-corrected chi connectivity index (χ4v) is 3.24. The highest BCUT2D eigenvalue weighted by Crippen LogP contribution is 2.39. The third kappa shape index (κ3) is 5.21. The molecule has 1 aromatic heterocycles. The second-order valence-electron chi connectivity index (χ2n) is 7.32. The highest BCUT2D eigenvalue weighted by molar-refractivity contribution is 6.30. The van der Waals surface area contributed by atoms with Gasteiger partial charge in [0.15, 0.2) is 13.2 Å². The molecule has 0 aliphatic heterocycles. The summed E-state index contributed by atoms with van der Waals surface area (Å²) in [5.74, 6) is 1.04. The molecule has 1 N–H and O–H groups in total. The topological polar surface area (TPSA) is 86.5 Å². The maximum absolute atomic E-state index is 13.1. The lowest BCUT2D eigenvalue weighted by atomic mass is 9.75. The average molecular weight is 444 g/mol. The lowest BCUT2D eigenvalue weighted by molar-refractivity contribution is -0.122. The van der Waals surface area contributed by atoms with Crippen molar-refractivity contribution < 1.29 is 23.2 Å². The van der Waals surface area contributed by atoms with Crippen molar-refractivity contribution >= 4 is 17.5 Å². The van der Waals surface area contributed by atoms with Crippen molar-refractivity contribution in [2.75, 3.05) is 6.61 Å². The Morgan fingerprint density at radius 3 is 2.74 bits per heavy atom. The zero-order chi connectivity index (χ0) is 21.8. The quantitative estimate of drug-likeness (QED) is 0.562.